The summed E-state index contributed by atoms with van der Waals surface area (Å²) in [6.07, 6.45) is 1.74. The predicted molar refractivity (Wildman–Crippen MR) is 104 cm³/mol. The summed E-state index contributed by atoms with van der Waals surface area (Å²) in [5.41, 5.74) is 2.56. The van der Waals surface area contributed by atoms with Gasteiger partial charge in [0.25, 0.3) is 0 Å². The zero-order valence-corrected chi connectivity index (χ0v) is 16.3. The Hall–Kier alpha value is -0.860. The van der Waals surface area contributed by atoms with Crippen molar-refractivity contribution in [3.63, 3.8) is 0 Å². The minimum Gasteiger partial charge on any atom is -0.396 e. The van der Waals surface area contributed by atoms with Crippen LogP contribution in [0.25, 0.3) is 0 Å². The number of benzene rings is 1. The van der Waals surface area contributed by atoms with Crippen LogP contribution in [-0.4, -0.2) is 44.5 Å². The van der Waals surface area contributed by atoms with Crippen LogP contribution in [-0.2, 0) is 11.3 Å². The highest BCUT2D eigenvalue weighted by molar-refractivity contribution is 14.0. The standard InChI is InChI=1S/C17H27N3O2.HI/c1-14-5-3-4-6-15(14)11-19-16(18-2)20-12-17(7-9-21)8-10-22-13-17;/h3-6,21H,7-13H2,1-2H3,(H2,18,19,20);1H. The lowest BCUT2D eigenvalue weighted by atomic mass is 9.84. The van der Waals surface area contributed by atoms with Crippen molar-refractivity contribution >= 4 is 29.9 Å². The quantitative estimate of drug-likeness (QED) is 0.365. The molecule has 130 valence electrons. The number of aliphatic hydroxyl groups excluding tert-OH is 1. The van der Waals surface area contributed by atoms with Crippen LogP contribution in [0.4, 0.5) is 0 Å². The summed E-state index contributed by atoms with van der Waals surface area (Å²) in [6.45, 7) is 5.29. The fourth-order valence-corrected chi connectivity index (χ4v) is 2.79. The molecule has 1 unspecified atom stereocenters. The van der Waals surface area contributed by atoms with Crippen molar-refractivity contribution in [3.8, 4) is 0 Å². The Balaban J connectivity index is 0.00000264. The number of aliphatic hydroxyl groups is 1. The van der Waals surface area contributed by atoms with E-state index in [0.29, 0.717) is 6.61 Å². The first kappa shape index (κ1) is 20.2. The Morgan fingerprint density at radius 3 is 2.74 bits per heavy atom. The third-order valence-electron chi connectivity index (χ3n) is 4.39. The van der Waals surface area contributed by atoms with Gasteiger partial charge in [0.15, 0.2) is 5.96 Å². The molecule has 1 atom stereocenters. The van der Waals surface area contributed by atoms with Crippen LogP contribution < -0.4 is 10.6 Å². The predicted octanol–water partition coefficient (Wildman–Crippen LogP) is 2.07. The van der Waals surface area contributed by atoms with Gasteiger partial charge >= 0.3 is 0 Å². The van der Waals surface area contributed by atoms with Crippen LogP contribution in [0.15, 0.2) is 29.3 Å². The topological polar surface area (TPSA) is 65.9 Å². The van der Waals surface area contributed by atoms with Gasteiger partial charge < -0.3 is 20.5 Å². The van der Waals surface area contributed by atoms with E-state index in [2.05, 4.69) is 34.7 Å². The molecule has 2 rings (SSSR count). The van der Waals surface area contributed by atoms with Crippen molar-refractivity contribution in [1.82, 2.24) is 10.6 Å². The molecule has 3 N–H and O–H groups in total. The monoisotopic (exact) mass is 433 g/mol. The number of rotatable bonds is 6. The lowest BCUT2D eigenvalue weighted by Gasteiger charge is -2.27. The fourth-order valence-electron chi connectivity index (χ4n) is 2.79. The zero-order valence-electron chi connectivity index (χ0n) is 14.0. The highest BCUT2D eigenvalue weighted by Gasteiger charge is 2.34. The lowest BCUT2D eigenvalue weighted by molar-refractivity contribution is 0.127. The van der Waals surface area contributed by atoms with Gasteiger partial charge in [0.05, 0.1) is 6.61 Å². The third kappa shape index (κ3) is 5.93. The molecule has 0 spiro atoms. The number of aliphatic imine (C=N–C) groups is 1. The largest absolute Gasteiger partial charge is 0.396 e. The molecule has 0 aromatic heterocycles. The van der Waals surface area contributed by atoms with Gasteiger partial charge in [0, 0.05) is 38.8 Å². The van der Waals surface area contributed by atoms with Crippen LogP contribution in [0.2, 0.25) is 0 Å². The van der Waals surface area contributed by atoms with Crippen LogP contribution >= 0.6 is 24.0 Å². The van der Waals surface area contributed by atoms with Gasteiger partial charge in [-0.05, 0) is 30.9 Å². The van der Waals surface area contributed by atoms with E-state index in [1.54, 1.807) is 7.05 Å². The number of nitrogens with one attached hydrogen (secondary N) is 2. The highest BCUT2D eigenvalue weighted by atomic mass is 127. The Morgan fingerprint density at radius 1 is 1.35 bits per heavy atom. The van der Waals surface area contributed by atoms with Gasteiger partial charge in [-0.2, -0.15) is 0 Å². The van der Waals surface area contributed by atoms with E-state index < -0.39 is 0 Å². The van der Waals surface area contributed by atoms with Gasteiger partial charge in [0.1, 0.15) is 0 Å². The summed E-state index contributed by atoms with van der Waals surface area (Å²) in [4.78, 5) is 4.28. The van der Waals surface area contributed by atoms with E-state index >= 15 is 0 Å². The molecule has 23 heavy (non-hydrogen) atoms. The first-order chi connectivity index (χ1) is 10.7. The normalized spacial score (nSPS) is 20.9. The average molecular weight is 433 g/mol. The van der Waals surface area contributed by atoms with Gasteiger partial charge in [-0.3, -0.25) is 4.99 Å². The Morgan fingerprint density at radius 2 is 2.13 bits per heavy atom. The molecule has 0 radical (unpaired) electrons. The van der Waals surface area contributed by atoms with Gasteiger partial charge in [-0.25, -0.2) is 0 Å². The lowest BCUT2D eigenvalue weighted by Crippen LogP contribution is -2.44. The maximum Gasteiger partial charge on any atom is 0.191 e. The first-order valence-electron chi connectivity index (χ1n) is 7.87. The summed E-state index contributed by atoms with van der Waals surface area (Å²) in [6, 6.07) is 8.32. The second kappa shape index (κ2) is 10.1. The van der Waals surface area contributed by atoms with Crippen LogP contribution in [0, 0.1) is 12.3 Å². The summed E-state index contributed by atoms with van der Waals surface area (Å²) >= 11 is 0. The molecule has 1 saturated heterocycles. The minimum atomic E-state index is 0. The van der Waals surface area contributed by atoms with Crippen molar-refractivity contribution in [3.05, 3.63) is 35.4 Å². The maximum absolute atomic E-state index is 9.27. The first-order valence-corrected chi connectivity index (χ1v) is 7.87. The van der Waals surface area contributed by atoms with E-state index in [9.17, 15) is 5.11 Å². The van der Waals surface area contributed by atoms with E-state index in [4.69, 9.17) is 4.74 Å². The Labute approximate surface area is 155 Å². The molecule has 1 aromatic rings. The minimum absolute atomic E-state index is 0. The molecule has 0 bridgehead atoms. The van der Waals surface area contributed by atoms with E-state index in [-0.39, 0.29) is 36.0 Å². The molecule has 0 saturated carbocycles. The summed E-state index contributed by atoms with van der Waals surface area (Å²) in [5, 5.41) is 16.0. The average Bonchev–Trinajstić information content (AvgIpc) is 2.98. The second-order valence-electron chi connectivity index (χ2n) is 5.98. The van der Waals surface area contributed by atoms with Crippen LogP contribution in [0.1, 0.15) is 24.0 Å². The number of hydrogen-bond donors (Lipinski definition) is 3. The molecular weight excluding hydrogens is 405 g/mol. The molecular formula is C17H28IN3O2. The number of halogens is 1. The van der Waals surface area contributed by atoms with Gasteiger partial charge in [0.2, 0.25) is 0 Å². The second-order valence-corrected chi connectivity index (χ2v) is 5.98. The molecule has 6 heteroatoms. The molecule has 0 aliphatic carbocycles. The molecule has 0 amide bonds. The van der Waals surface area contributed by atoms with Crippen molar-refractivity contribution in [1.29, 1.82) is 0 Å². The number of nitrogens with zero attached hydrogens (tertiary/aromatic N) is 1. The van der Waals surface area contributed by atoms with Gasteiger partial charge in [-0.15, -0.1) is 24.0 Å². The van der Waals surface area contributed by atoms with Crippen molar-refractivity contribution in [2.45, 2.75) is 26.3 Å². The number of aryl methyl sites for hydroxylation is 1. The molecule has 1 aromatic carbocycles. The Kier molecular flexibility index (Phi) is 8.86. The van der Waals surface area contributed by atoms with Crippen LogP contribution in [0.5, 0.6) is 0 Å². The van der Waals surface area contributed by atoms with Gasteiger partial charge in [-0.1, -0.05) is 24.3 Å². The van der Waals surface area contributed by atoms with Crippen LogP contribution in [0.3, 0.4) is 0 Å². The summed E-state index contributed by atoms with van der Waals surface area (Å²) < 4.78 is 5.51. The fraction of sp³-hybridized carbons (Fsp3) is 0.588. The number of ether oxygens (including phenoxy) is 1. The van der Waals surface area contributed by atoms with Crippen molar-refractivity contribution in [2.75, 3.05) is 33.4 Å². The highest BCUT2D eigenvalue weighted by Crippen LogP contribution is 2.31. The van der Waals surface area contributed by atoms with E-state index in [1.807, 2.05) is 12.1 Å². The molecule has 1 aliphatic rings. The molecule has 1 heterocycles. The summed E-state index contributed by atoms with van der Waals surface area (Å²) in [5.74, 6) is 0.785. The molecule has 1 fully saturated rings. The number of guanidine groups is 1. The summed E-state index contributed by atoms with van der Waals surface area (Å²) in [7, 11) is 1.77. The SMILES string of the molecule is CN=C(NCc1ccccc1C)NCC1(CCO)CCOC1.I. The van der Waals surface area contributed by atoms with Crippen molar-refractivity contribution < 1.29 is 9.84 Å². The number of hydrogen-bond acceptors (Lipinski definition) is 3. The smallest absolute Gasteiger partial charge is 0.191 e. The maximum atomic E-state index is 9.27. The zero-order chi connectivity index (χ0) is 15.8. The van der Waals surface area contributed by atoms with Crippen molar-refractivity contribution in [2.24, 2.45) is 10.4 Å². The van der Waals surface area contributed by atoms with E-state index in [1.165, 1.54) is 11.1 Å². The van der Waals surface area contributed by atoms with E-state index in [0.717, 1.165) is 38.5 Å². The molecule has 1 aliphatic heterocycles. The third-order valence-corrected chi connectivity index (χ3v) is 4.39. The Bertz CT molecular complexity index is 502. The molecule has 5 nitrogen and oxygen atoms in total.